The highest BCUT2D eigenvalue weighted by atomic mass is 28.2. The summed E-state index contributed by atoms with van der Waals surface area (Å²) in [6.07, 6.45) is 1.35. The first-order valence-electron chi connectivity index (χ1n) is 2.95. The molecule has 1 atom stereocenters. The third kappa shape index (κ3) is 4.06. The fourth-order valence-electron chi connectivity index (χ4n) is 0.493. The number of rotatable bonds is 3. The zero-order valence-corrected chi connectivity index (χ0v) is 6.49. The van der Waals surface area contributed by atoms with Crippen LogP contribution in [0.5, 0.6) is 0 Å². The SMILES string of the molecule is CCC(C)C[Si]C. The molecule has 0 nitrogen and oxygen atoms in total. The van der Waals surface area contributed by atoms with E-state index in [1.165, 1.54) is 12.5 Å². The van der Waals surface area contributed by atoms with Crippen LogP contribution in [-0.2, 0) is 0 Å². The molecule has 0 heterocycles. The van der Waals surface area contributed by atoms with E-state index < -0.39 is 0 Å². The van der Waals surface area contributed by atoms with Crippen molar-refractivity contribution in [3.05, 3.63) is 0 Å². The van der Waals surface area contributed by atoms with Gasteiger partial charge in [-0.05, 0) is 5.92 Å². The largest absolute Gasteiger partial charge is 0.0733 e. The van der Waals surface area contributed by atoms with Crippen molar-refractivity contribution in [2.24, 2.45) is 5.92 Å². The Morgan fingerprint density at radius 1 is 1.57 bits per heavy atom. The molecule has 1 unspecified atom stereocenters. The second-order valence-electron chi connectivity index (χ2n) is 2.07. The Balaban J connectivity index is 2.83. The highest BCUT2D eigenvalue weighted by Crippen LogP contribution is 2.04. The van der Waals surface area contributed by atoms with Crippen LogP contribution in [0.2, 0.25) is 12.6 Å². The lowest BCUT2D eigenvalue weighted by Gasteiger charge is -2.01. The van der Waals surface area contributed by atoms with E-state index in [0.29, 0.717) is 0 Å². The van der Waals surface area contributed by atoms with E-state index >= 15 is 0 Å². The summed E-state index contributed by atoms with van der Waals surface area (Å²) >= 11 is 0. The lowest BCUT2D eigenvalue weighted by atomic mass is 10.2. The van der Waals surface area contributed by atoms with Crippen LogP contribution in [0.25, 0.3) is 0 Å². The summed E-state index contributed by atoms with van der Waals surface area (Å²) in [5.74, 6) is 0.961. The predicted octanol–water partition coefficient (Wildman–Crippen LogP) is 2.20. The van der Waals surface area contributed by atoms with E-state index in [9.17, 15) is 0 Å². The van der Waals surface area contributed by atoms with Gasteiger partial charge in [-0.3, -0.25) is 0 Å². The van der Waals surface area contributed by atoms with Gasteiger partial charge in [0.1, 0.15) is 0 Å². The molecule has 7 heavy (non-hydrogen) atoms. The van der Waals surface area contributed by atoms with Gasteiger partial charge in [-0.25, -0.2) is 0 Å². The number of hydrogen-bond acceptors (Lipinski definition) is 0. The highest BCUT2D eigenvalue weighted by Gasteiger charge is 1.93. The Hall–Kier alpha value is 0.217. The van der Waals surface area contributed by atoms with Gasteiger partial charge in [0.2, 0.25) is 0 Å². The molecule has 0 spiro atoms. The monoisotopic (exact) mass is 114 g/mol. The fourth-order valence-corrected chi connectivity index (χ4v) is 1.48. The van der Waals surface area contributed by atoms with E-state index in [4.69, 9.17) is 0 Å². The molecule has 0 aromatic rings. The lowest BCUT2D eigenvalue weighted by Crippen LogP contribution is -1.93. The van der Waals surface area contributed by atoms with Crippen LogP contribution in [0.4, 0.5) is 0 Å². The summed E-state index contributed by atoms with van der Waals surface area (Å²) in [5.41, 5.74) is 0. The maximum Gasteiger partial charge on any atom is 0.0345 e. The van der Waals surface area contributed by atoms with Gasteiger partial charge in [-0.1, -0.05) is 32.9 Å². The molecule has 0 saturated heterocycles. The maximum absolute atomic E-state index is 2.32. The first-order valence-corrected chi connectivity index (χ1v) is 4.66. The van der Waals surface area contributed by atoms with Gasteiger partial charge in [0.05, 0.1) is 0 Å². The Kier molecular flexibility index (Phi) is 4.51. The smallest absolute Gasteiger partial charge is 0.0345 e. The number of hydrogen-bond donors (Lipinski definition) is 0. The first kappa shape index (κ1) is 7.22. The van der Waals surface area contributed by atoms with Crippen molar-refractivity contribution in [1.82, 2.24) is 0 Å². The van der Waals surface area contributed by atoms with E-state index in [0.717, 1.165) is 15.4 Å². The summed E-state index contributed by atoms with van der Waals surface area (Å²) < 4.78 is 0. The Morgan fingerprint density at radius 3 is 2.29 bits per heavy atom. The molecule has 2 radical (unpaired) electrons. The van der Waals surface area contributed by atoms with Crippen LogP contribution >= 0.6 is 0 Å². The molecule has 0 aliphatic carbocycles. The molecule has 0 aromatic carbocycles. The van der Waals surface area contributed by atoms with Crippen LogP contribution in [0.15, 0.2) is 0 Å². The molecule has 0 aromatic heterocycles. The topological polar surface area (TPSA) is 0 Å². The first-order chi connectivity index (χ1) is 3.31. The molecule has 0 aliphatic rings. The second-order valence-corrected chi connectivity index (χ2v) is 3.19. The zero-order chi connectivity index (χ0) is 5.70. The van der Waals surface area contributed by atoms with E-state index in [1.54, 1.807) is 0 Å². The summed E-state index contributed by atoms with van der Waals surface area (Å²) in [6.45, 7) is 6.84. The van der Waals surface area contributed by atoms with Crippen LogP contribution in [0.3, 0.4) is 0 Å². The van der Waals surface area contributed by atoms with Crippen molar-refractivity contribution in [3.8, 4) is 0 Å². The molecular formula is C6H14Si. The molecule has 0 saturated carbocycles. The summed E-state index contributed by atoms with van der Waals surface area (Å²) in [4.78, 5) is 0. The molecule has 0 rings (SSSR count). The van der Waals surface area contributed by atoms with Gasteiger partial charge in [0, 0.05) is 9.52 Å². The summed E-state index contributed by atoms with van der Waals surface area (Å²) in [5, 5.41) is 0. The van der Waals surface area contributed by atoms with Crippen molar-refractivity contribution < 1.29 is 0 Å². The predicted molar refractivity (Wildman–Crippen MR) is 35.9 cm³/mol. The van der Waals surface area contributed by atoms with E-state index in [-0.39, 0.29) is 0 Å². The van der Waals surface area contributed by atoms with Crippen molar-refractivity contribution in [3.63, 3.8) is 0 Å². The molecule has 0 aliphatic heterocycles. The van der Waals surface area contributed by atoms with Gasteiger partial charge in [-0.2, -0.15) is 0 Å². The fraction of sp³-hybridized carbons (Fsp3) is 1.00. The van der Waals surface area contributed by atoms with Crippen LogP contribution in [0, 0.1) is 5.92 Å². The van der Waals surface area contributed by atoms with Crippen molar-refractivity contribution in [2.75, 3.05) is 0 Å². The average molecular weight is 114 g/mol. The average Bonchev–Trinajstić information content (AvgIpc) is 1.68. The van der Waals surface area contributed by atoms with Gasteiger partial charge in [0.15, 0.2) is 0 Å². The molecule has 0 fully saturated rings. The standard InChI is InChI=1S/C6H14Si/c1-4-6(2)5-7-3/h6H,4-5H2,1-3H3. The zero-order valence-electron chi connectivity index (χ0n) is 5.49. The van der Waals surface area contributed by atoms with Gasteiger partial charge < -0.3 is 0 Å². The third-order valence-electron chi connectivity index (χ3n) is 1.25. The lowest BCUT2D eigenvalue weighted by molar-refractivity contribution is 0.623. The van der Waals surface area contributed by atoms with Crippen molar-refractivity contribution in [2.45, 2.75) is 32.9 Å². The summed E-state index contributed by atoms with van der Waals surface area (Å²) in [6, 6.07) is 1.43. The van der Waals surface area contributed by atoms with Crippen LogP contribution in [0.1, 0.15) is 20.3 Å². The van der Waals surface area contributed by atoms with Gasteiger partial charge >= 0.3 is 0 Å². The molecular weight excluding hydrogens is 100 g/mol. The van der Waals surface area contributed by atoms with Crippen LogP contribution in [-0.4, -0.2) is 9.52 Å². The van der Waals surface area contributed by atoms with Crippen molar-refractivity contribution in [1.29, 1.82) is 0 Å². The van der Waals surface area contributed by atoms with Gasteiger partial charge in [0.25, 0.3) is 0 Å². The minimum absolute atomic E-state index is 0.961. The van der Waals surface area contributed by atoms with Crippen LogP contribution < -0.4 is 0 Å². The van der Waals surface area contributed by atoms with Crippen molar-refractivity contribution >= 4 is 9.52 Å². The maximum atomic E-state index is 2.32. The highest BCUT2D eigenvalue weighted by molar-refractivity contribution is 6.33. The minimum Gasteiger partial charge on any atom is -0.0733 e. The van der Waals surface area contributed by atoms with Gasteiger partial charge in [-0.15, -0.1) is 0 Å². The summed E-state index contributed by atoms with van der Waals surface area (Å²) in [7, 11) is 1.14. The minimum atomic E-state index is 0.961. The third-order valence-corrected chi connectivity index (χ3v) is 2.35. The van der Waals surface area contributed by atoms with E-state index in [1.807, 2.05) is 0 Å². The Morgan fingerprint density at radius 2 is 2.14 bits per heavy atom. The molecule has 0 amide bonds. The molecule has 0 N–H and O–H groups in total. The van der Waals surface area contributed by atoms with E-state index in [2.05, 4.69) is 20.4 Å². The Labute approximate surface area is 49.1 Å². The molecule has 0 bridgehead atoms. The Bertz CT molecular complexity index is 35.2. The second kappa shape index (κ2) is 4.38. The quantitative estimate of drug-likeness (QED) is 0.493. The molecule has 1 heteroatoms. The molecule has 42 valence electrons. The normalized spacial score (nSPS) is 14.1.